The summed E-state index contributed by atoms with van der Waals surface area (Å²) in [6, 6.07) is 3.41. The summed E-state index contributed by atoms with van der Waals surface area (Å²) in [5.41, 5.74) is 5.43. The molecule has 17 heavy (non-hydrogen) atoms. The van der Waals surface area contributed by atoms with Crippen LogP contribution >= 0.6 is 0 Å². The molecule has 0 spiro atoms. The van der Waals surface area contributed by atoms with Gasteiger partial charge in [0.1, 0.15) is 5.76 Å². The Kier molecular flexibility index (Phi) is 5.18. The smallest absolute Gasteiger partial charge is 0.289 e. The van der Waals surface area contributed by atoms with E-state index >= 15 is 0 Å². The number of aliphatic hydroxyl groups excluding tert-OH is 1. The first-order valence-electron chi connectivity index (χ1n) is 5.80. The third-order valence-corrected chi connectivity index (χ3v) is 2.51. The number of nitrogens with zero attached hydrogens (tertiary/aromatic N) is 1. The third kappa shape index (κ3) is 3.57. The molecule has 3 N–H and O–H groups in total. The number of hydrogen-bond acceptors (Lipinski definition) is 4. The van der Waals surface area contributed by atoms with Crippen molar-refractivity contribution in [3.63, 3.8) is 0 Å². The zero-order valence-corrected chi connectivity index (χ0v) is 10.3. The minimum absolute atomic E-state index is 0.0699. The van der Waals surface area contributed by atoms with Crippen LogP contribution in [-0.2, 0) is 6.54 Å². The summed E-state index contributed by atoms with van der Waals surface area (Å²) in [5.74, 6) is 0.740. The Morgan fingerprint density at radius 1 is 1.53 bits per heavy atom. The van der Waals surface area contributed by atoms with Crippen LogP contribution in [0.1, 0.15) is 36.6 Å². The highest BCUT2D eigenvalue weighted by atomic mass is 16.4. The molecule has 0 fully saturated rings. The summed E-state index contributed by atoms with van der Waals surface area (Å²) in [6.45, 7) is 4.74. The fourth-order valence-electron chi connectivity index (χ4n) is 1.58. The molecule has 0 bridgehead atoms. The second kappa shape index (κ2) is 6.42. The van der Waals surface area contributed by atoms with Crippen molar-refractivity contribution < 1.29 is 14.3 Å². The predicted molar refractivity (Wildman–Crippen MR) is 64.5 cm³/mol. The first-order valence-corrected chi connectivity index (χ1v) is 5.80. The normalized spacial score (nSPS) is 10.9. The van der Waals surface area contributed by atoms with Gasteiger partial charge in [-0.15, -0.1) is 0 Å². The van der Waals surface area contributed by atoms with Gasteiger partial charge in [-0.1, -0.05) is 0 Å². The highest BCUT2D eigenvalue weighted by Crippen LogP contribution is 2.12. The Balaban J connectivity index is 2.76. The molecule has 5 heteroatoms. The second-order valence-electron chi connectivity index (χ2n) is 4.14. The van der Waals surface area contributed by atoms with E-state index in [0.717, 1.165) is 0 Å². The zero-order chi connectivity index (χ0) is 12.8. The van der Waals surface area contributed by atoms with Gasteiger partial charge in [0.15, 0.2) is 5.76 Å². The maximum atomic E-state index is 12.1. The van der Waals surface area contributed by atoms with Crippen LogP contribution in [0, 0.1) is 0 Å². The summed E-state index contributed by atoms with van der Waals surface area (Å²) in [5, 5.41) is 8.81. The van der Waals surface area contributed by atoms with Crippen molar-refractivity contribution >= 4 is 5.91 Å². The van der Waals surface area contributed by atoms with Crippen molar-refractivity contribution in [2.24, 2.45) is 5.73 Å². The topological polar surface area (TPSA) is 79.7 Å². The summed E-state index contributed by atoms with van der Waals surface area (Å²) < 4.78 is 5.33. The summed E-state index contributed by atoms with van der Waals surface area (Å²) in [6.07, 6.45) is 0.564. The van der Waals surface area contributed by atoms with E-state index in [1.165, 1.54) is 0 Å². The number of carbonyl (C=O) groups is 1. The van der Waals surface area contributed by atoms with E-state index < -0.39 is 0 Å². The average Bonchev–Trinajstić information content (AvgIpc) is 2.77. The van der Waals surface area contributed by atoms with Crippen molar-refractivity contribution in [2.45, 2.75) is 32.9 Å². The molecule has 0 saturated heterocycles. The number of carbonyl (C=O) groups excluding carboxylic acids is 1. The first-order chi connectivity index (χ1) is 8.10. The Morgan fingerprint density at radius 3 is 2.71 bits per heavy atom. The van der Waals surface area contributed by atoms with Crippen LogP contribution in [0.15, 0.2) is 16.5 Å². The highest BCUT2D eigenvalue weighted by molar-refractivity contribution is 5.91. The van der Waals surface area contributed by atoms with E-state index in [-0.39, 0.29) is 25.1 Å². The molecule has 0 aliphatic heterocycles. The average molecular weight is 240 g/mol. The Hall–Kier alpha value is -1.33. The summed E-state index contributed by atoms with van der Waals surface area (Å²) in [4.78, 5) is 13.8. The molecule has 0 aliphatic carbocycles. The molecule has 1 rings (SSSR count). The molecule has 0 aromatic carbocycles. The largest absolute Gasteiger partial charge is 0.455 e. The Morgan fingerprint density at radius 2 is 2.24 bits per heavy atom. The third-order valence-electron chi connectivity index (χ3n) is 2.51. The van der Waals surface area contributed by atoms with Gasteiger partial charge in [-0.25, -0.2) is 0 Å². The van der Waals surface area contributed by atoms with E-state index in [1.54, 1.807) is 17.0 Å². The monoisotopic (exact) mass is 240 g/mol. The SMILES string of the molecule is CC(C)N(CCCO)C(=O)c1ccc(CN)o1. The lowest BCUT2D eigenvalue weighted by atomic mass is 10.2. The minimum atomic E-state index is -0.159. The lowest BCUT2D eigenvalue weighted by Gasteiger charge is -2.25. The van der Waals surface area contributed by atoms with Crippen LogP contribution in [0.25, 0.3) is 0 Å². The quantitative estimate of drug-likeness (QED) is 0.776. The Bertz CT molecular complexity index is 360. The molecule has 1 heterocycles. The molecule has 96 valence electrons. The molecule has 0 radical (unpaired) electrons. The van der Waals surface area contributed by atoms with Crippen LogP contribution in [0.3, 0.4) is 0 Å². The van der Waals surface area contributed by atoms with Crippen LogP contribution in [-0.4, -0.2) is 35.1 Å². The first kappa shape index (κ1) is 13.7. The summed E-state index contributed by atoms with van der Waals surface area (Å²) >= 11 is 0. The van der Waals surface area contributed by atoms with Crippen LogP contribution < -0.4 is 5.73 Å². The zero-order valence-electron chi connectivity index (χ0n) is 10.3. The fraction of sp³-hybridized carbons (Fsp3) is 0.583. The van der Waals surface area contributed by atoms with E-state index in [1.807, 2.05) is 13.8 Å². The number of rotatable bonds is 6. The molecule has 0 saturated carbocycles. The van der Waals surface area contributed by atoms with Gasteiger partial charge in [0.25, 0.3) is 5.91 Å². The van der Waals surface area contributed by atoms with Gasteiger partial charge in [0, 0.05) is 19.2 Å². The number of nitrogens with two attached hydrogens (primary N) is 1. The van der Waals surface area contributed by atoms with Crippen molar-refractivity contribution in [2.75, 3.05) is 13.2 Å². The lowest BCUT2D eigenvalue weighted by molar-refractivity contribution is 0.0658. The van der Waals surface area contributed by atoms with Gasteiger partial charge in [0.2, 0.25) is 0 Å². The molecular formula is C12H20N2O3. The lowest BCUT2D eigenvalue weighted by Crippen LogP contribution is -2.37. The van der Waals surface area contributed by atoms with Crippen LogP contribution in [0.4, 0.5) is 0 Å². The molecule has 1 amide bonds. The van der Waals surface area contributed by atoms with Crippen molar-refractivity contribution in [1.29, 1.82) is 0 Å². The van der Waals surface area contributed by atoms with E-state index in [9.17, 15) is 4.79 Å². The minimum Gasteiger partial charge on any atom is -0.455 e. The molecular weight excluding hydrogens is 220 g/mol. The van der Waals surface area contributed by atoms with Crippen molar-refractivity contribution in [3.05, 3.63) is 23.7 Å². The molecule has 1 aromatic heterocycles. The van der Waals surface area contributed by atoms with Gasteiger partial charge in [-0.05, 0) is 32.4 Å². The molecule has 1 aromatic rings. The molecule has 0 atom stereocenters. The van der Waals surface area contributed by atoms with Crippen molar-refractivity contribution in [3.8, 4) is 0 Å². The fourth-order valence-corrected chi connectivity index (χ4v) is 1.58. The van der Waals surface area contributed by atoms with Gasteiger partial charge in [-0.3, -0.25) is 4.79 Å². The highest BCUT2D eigenvalue weighted by Gasteiger charge is 2.21. The molecule has 0 aliphatic rings. The number of aliphatic hydroxyl groups is 1. The number of hydrogen-bond donors (Lipinski definition) is 2. The molecule has 0 unspecified atom stereocenters. The number of furan rings is 1. The van der Waals surface area contributed by atoms with E-state index in [0.29, 0.717) is 24.5 Å². The van der Waals surface area contributed by atoms with Crippen molar-refractivity contribution in [1.82, 2.24) is 4.90 Å². The Labute approximate surface area is 101 Å². The predicted octanol–water partition coefficient (Wildman–Crippen LogP) is 0.971. The number of amides is 1. The van der Waals surface area contributed by atoms with Gasteiger partial charge < -0.3 is 20.2 Å². The molecule has 5 nitrogen and oxygen atoms in total. The van der Waals surface area contributed by atoms with Gasteiger partial charge in [-0.2, -0.15) is 0 Å². The van der Waals surface area contributed by atoms with Crippen LogP contribution in [0.2, 0.25) is 0 Å². The summed E-state index contributed by atoms with van der Waals surface area (Å²) in [7, 11) is 0. The second-order valence-corrected chi connectivity index (χ2v) is 4.14. The van der Waals surface area contributed by atoms with Gasteiger partial charge >= 0.3 is 0 Å². The van der Waals surface area contributed by atoms with E-state index in [4.69, 9.17) is 15.3 Å². The maximum absolute atomic E-state index is 12.1. The van der Waals surface area contributed by atoms with Gasteiger partial charge in [0.05, 0.1) is 6.54 Å². The maximum Gasteiger partial charge on any atom is 0.289 e. The van der Waals surface area contributed by atoms with Crippen LogP contribution in [0.5, 0.6) is 0 Å². The standard InChI is InChI=1S/C12H20N2O3/c1-9(2)14(6-3-7-15)12(16)11-5-4-10(8-13)17-11/h4-5,9,15H,3,6-8,13H2,1-2H3. The van der Waals surface area contributed by atoms with E-state index in [2.05, 4.69) is 0 Å².